The Balaban J connectivity index is 2.74. The van der Waals surface area contributed by atoms with Crippen LogP contribution in [0.2, 0.25) is 0 Å². The largest absolute Gasteiger partial charge is 0.367 e. The Morgan fingerprint density at radius 1 is 1.28 bits per heavy atom. The van der Waals surface area contributed by atoms with E-state index in [1.807, 2.05) is 13.1 Å². The molecule has 0 radical (unpaired) electrons. The summed E-state index contributed by atoms with van der Waals surface area (Å²) >= 11 is 0. The van der Waals surface area contributed by atoms with Crippen LogP contribution >= 0.6 is 0 Å². The van der Waals surface area contributed by atoms with Crippen molar-refractivity contribution in [2.24, 2.45) is 0 Å². The number of nitrogens with one attached hydrogen (secondary N) is 2. The van der Waals surface area contributed by atoms with E-state index in [0.717, 1.165) is 43.9 Å². The van der Waals surface area contributed by atoms with Gasteiger partial charge in [-0.3, -0.25) is 0 Å². The quantitative estimate of drug-likeness (QED) is 0.665. The van der Waals surface area contributed by atoms with Crippen LogP contribution in [-0.4, -0.2) is 23.1 Å². The molecule has 0 aliphatic rings. The molecule has 4 heteroatoms. The Kier molecular flexibility index (Phi) is 6.36. The summed E-state index contributed by atoms with van der Waals surface area (Å²) in [5.74, 6) is 0.961. The van der Waals surface area contributed by atoms with E-state index >= 15 is 0 Å². The van der Waals surface area contributed by atoms with Gasteiger partial charge in [0.2, 0.25) is 0 Å². The predicted molar refractivity (Wildman–Crippen MR) is 74.5 cm³/mol. The van der Waals surface area contributed by atoms with Gasteiger partial charge in [0.25, 0.3) is 0 Å². The topological polar surface area (TPSA) is 49.9 Å². The van der Waals surface area contributed by atoms with E-state index < -0.39 is 0 Å². The molecule has 0 aromatic carbocycles. The zero-order chi connectivity index (χ0) is 13.4. The van der Waals surface area contributed by atoms with Gasteiger partial charge in [-0.25, -0.2) is 4.98 Å². The highest BCUT2D eigenvalue weighted by Crippen LogP contribution is 2.30. The summed E-state index contributed by atoms with van der Waals surface area (Å²) in [6, 6.07) is 0. The van der Waals surface area contributed by atoms with Crippen molar-refractivity contribution >= 4 is 0 Å². The molecule has 0 aliphatic carbocycles. The highest BCUT2D eigenvalue weighted by atomic mass is 16.5. The molecule has 104 valence electrons. The molecule has 18 heavy (non-hydrogen) atoms. The van der Waals surface area contributed by atoms with Gasteiger partial charge in [0.1, 0.15) is 11.4 Å². The molecule has 1 aromatic heterocycles. The second-order valence-electron chi connectivity index (χ2n) is 4.57. The zero-order valence-corrected chi connectivity index (χ0v) is 12.2. The van der Waals surface area contributed by atoms with Crippen LogP contribution in [0.15, 0.2) is 6.20 Å². The smallest absolute Gasteiger partial charge is 0.138 e. The summed E-state index contributed by atoms with van der Waals surface area (Å²) in [6.45, 7) is 11.1. The van der Waals surface area contributed by atoms with Crippen molar-refractivity contribution in [1.29, 1.82) is 0 Å². The van der Waals surface area contributed by atoms with Gasteiger partial charge in [0.05, 0.1) is 0 Å². The van der Waals surface area contributed by atoms with Crippen LogP contribution in [0.3, 0.4) is 0 Å². The summed E-state index contributed by atoms with van der Waals surface area (Å²) in [7, 11) is 0. The lowest BCUT2D eigenvalue weighted by Gasteiger charge is -2.29. The van der Waals surface area contributed by atoms with E-state index in [9.17, 15) is 0 Å². The highest BCUT2D eigenvalue weighted by molar-refractivity contribution is 5.08. The molecule has 0 saturated carbocycles. The van der Waals surface area contributed by atoms with Crippen LogP contribution in [0.1, 0.15) is 58.5 Å². The Labute approximate surface area is 111 Å². The first-order valence-electron chi connectivity index (χ1n) is 7.11. The lowest BCUT2D eigenvalue weighted by atomic mass is 9.96. The van der Waals surface area contributed by atoms with Crippen LogP contribution in [-0.2, 0) is 16.9 Å². The molecule has 0 amide bonds. The monoisotopic (exact) mass is 253 g/mol. The maximum Gasteiger partial charge on any atom is 0.138 e. The number of aromatic nitrogens is 2. The second-order valence-corrected chi connectivity index (χ2v) is 4.57. The van der Waals surface area contributed by atoms with Crippen molar-refractivity contribution in [2.75, 3.05) is 13.2 Å². The van der Waals surface area contributed by atoms with Gasteiger partial charge in [-0.2, -0.15) is 0 Å². The Hall–Kier alpha value is -0.870. The highest BCUT2D eigenvalue weighted by Gasteiger charge is 2.31. The van der Waals surface area contributed by atoms with Crippen LogP contribution in [0.25, 0.3) is 0 Å². The number of ether oxygens (including phenoxy) is 1. The van der Waals surface area contributed by atoms with Gasteiger partial charge in [-0.05, 0) is 32.7 Å². The maximum absolute atomic E-state index is 5.94. The fourth-order valence-electron chi connectivity index (χ4n) is 2.21. The van der Waals surface area contributed by atoms with Crippen molar-refractivity contribution in [3.8, 4) is 0 Å². The van der Waals surface area contributed by atoms with E-state index in [1.54, 1.807) is 0 Å². The average molecular weight is 253 g/mol. The number of hydrogen-bond acceptors (Lipinski definition) is 3. The van der Waals surface area contributed by atoms with Crippen molar-refractivity contribution in [3.05, 3.63) is 17.7 Å². The zero-order valence-electron chi connectivity index (χ0n) is 12.2. The molecule has 0 saturated heterocycles. The SMILES string of the molecule is CCCNCc1cnc(C(CC)(CC)OCC)[nH]1. The third-order valence-corrected chi connectivity index (χ3v) is 3.37. The number of H-pyrrole nitrogens is 1. The molecule has 0 atom stereocenters. The fourth-order valence-corrected chi connectivity index (χ4v) is 2.21. The minimum Gasteiger partial charge on any atom is -0.367 e. The Bertz CT molecular complexity index is 332. The van der Waals surface area contributed by atoms with Gasteiger partial charge < -0.3 is 15.0 Å². The number of aromatic amines is 1. The van der Waals surface area contributed by atoms with Crippen LogP contribution in [0.5, 0.6) is 0 Å². The van der Waals surface area contributed by atoms with Gasteiger partial charge in [-0.15, -0.1) is 0 Å². The second kappa shape index (κ2) is 7.54. The molecule has 0 fully saturated rings. The molecule has 0 unspecified atom stereocenters. The van der Waals surface area contributed by atoms with E-state index in [4.69, 9.17) is 4.74 Å². The van der Waals surface area contributed by atoms with Crippen LogP contribution in [0, 0.1) is 0 Å². The van der Waals surface area contributed by atoms with E-state index in [0.29, 0.717) is 6.61 Å². The molecule has 1 aromatic rings. The molecule has 0 spiro atoms. The molecule has 1 rings (SSSR count). The molecule has 0 bridgehead atoms. The fraction of sp³-hybridized carbons (Fsp3) is 0.786. The van der Waals surface area contributed by atoms with Gasteiger partial charge in [0.15, 0.2) is 0 Å². The minimum absolute atomic E-state index is 0.252. The summed E-state index contributed by atoms with van der Waals surface area (Å²) in [4.78, 5) is 7.91. The molecule has 2 N–H and O–H groups in total. The summed E-state index contributed by atoms with van der Waals surface area (Å²) < 4.78 is 5.94. The summed E-state index contributed by atoms with van der Waals surface area (Å²) in [6.07, 6.45) is 4.93. The molecular weight excluding hydrogens is 226 g/mol. The normalized spacial score (nSPS) is 12.0. The Morgan fingerprint density at radius 2 is 2.00 bits per heavy atom. The lowest BCUT2D eigenvalue weighted by molar-refractivity contribution is -0.0566. The van der Waals surface area contributed by atoms with Crippen molar-refractivity contribution < 1.29 is 4.74 Å². The lowest BCUT2D eigenvalue weighted by Crippen LogP contribution is -2.30. The van der Waals surface area contributed by atoms with Gasteiger partial charge in [0, 0.05) is 25.0 Å². The number of hydrogen-bond donors (Lipinski definition) is 2. The molecular formula is C14H27N3O. The van der Waals surface area contributed by atoms with Crippen molar-refractivity contribution in [1.82, 2.24) is 15.3 Å². The molecule has 1 heterocycles. The van der Waals surface area contributed by atoms with Crippen LogP contribution in [0.4, 0.5) is 0 Å². The first-order chi connectivity index (χ1) is 8.72. The average Bonchev–Trinajstić information content (AvgIpc) is 2.86. The third-order valence-electron chi connectivity index (χ3n) is 3.37. The number of imidazole rings is 1. The first kappa shape index (κ1) is 15.2. The first-order valence-corrected chi connectivity index (χ1v) is 7.11. The minimum atomic E-state index is -0.252. The van der Waals surface area contributed by atoms with E-state index in [-0.39, 0.29) is 5.60 Å². The predicted octanol–water partition coefficient (Wildman–Crippen LogP) is 2.96. The van der Waals surface area contributed by atoms with Gasteiger partial charge >= 0.3 is 0 Å². The standard InChI is InChI=1S/C14H27N3O/c1-5-9-15-10-12-11-16-13(17-12)14(6-2,7-3)18-8-4/h11,15H,5-10H2,1-4H3,(H,16,17). The number of rotatable bonds is 9. The summed E-state index contributed by atoms with van der Waals surface area (Å²) in [5.41, 5.74) is 0.877. The third kappa shape index (κ3) is 3.56. The van der Waals surface area contributed by atoms with Gasteiger partial charge in [-0.1, -0.05) is 20.8 Å². The van der Waals surface area contributed by atoms with Crippen molar-refractivity contribution in [2.45, 2.75) is 59.1 Å². The molecule has 0 aliphatic heterocycles. The maximum atomic E-state index is 5.94. The van der Waals surface area contributed by atoms with Crippen LogP contribution < -0.4 is 5.32 Å². The summed E-state index contributed by atoms with van der Waals surface area (Å²) in [5, 5.41) is 3.37. The van der Waals surface area contributed by atoms with E-state index in [1.165, 1.54) is 0 Å². The van der Waals surface area contributed by atoms with E-state index in [2.05, 4.69) is 36.1 Å². The van der Waals surface area contributed by atoms with Crippen molar-refractivity contribution in [3.63, 3.8) is 0 Å². The number of nitrogens with zero attached hydrogens (tertiary/aromatic N) is 1. The Morgan fingerprint density at radius 3 is 2.56 bits per heavy atom. The molecule has 4 nitrogen and oxygen atoms in total.